The molecule has 172 valence electrons. The van der Waals surface area contributed by atoms with Crippen molar-refractivity contribution in [3.63, 3.8) is 0 Å². The Morgan fingerprint density at radius 3 is 1.93 bits per heavy atom. The van der Waals surface area contributed by atoms with Crippen LogP contribution in [0.4, 0.5) is 0 Å². The van der Waals surface area contributed by atoms with Crippen molar-refractivity contribution >= 4 is 29.7 Å². The van der Waals surface area contributed by atoms with Gasteiger partial charge in [-0.2, -0.15) is 0 Å². The number of amides is 3. The highest BCUT2D eigenvalue weighted by Crippen LogP contribution is 2.04. The van der Waals surface area contributed by atoms with Crippen molar-refractivity contribution in [1.29, 1.82) is 0 Å². The molecule has 4 unspecified atom stereocenters. The zero-order valence-electron chi connectivity index (χ0n) is 17.4. The lowest BCUT2D eigenvalue weighted by Crippen LogP contribution is -2.59. The fourth-order valence-electron chi connectivity index (χ4n) is 2.31. The number of aliphatic imine (C=N–C) groups is 1. The Balaban J connectivity index is 5.03. The van der Waals surface area contributed by atoms with E-state index < -0.39 is 54.5 Å². The number of nitrogens with two attached hydrogens (primary N) is 3. The van der Waals surface area contributed by atoms with Gasteiger partial charge in [0.1, 0.15) is 18.1 Å². The van der Waals surface area contributed by atoms with Crippen LogP contribution in [0.5, 0.6) is 0 Å². The number of aliphatic hydroxyl groups is 1. The maximum absolute atomic E-state index is 12.5. The third-order valence-corrected chi connectivity index (χ3v) is 4.04. The zero-order valence-corrected chi connectivity index (χ0v) is 17.4. The Morgan fingerprint density at radius 2 is 1.50 bits per heavy atom. The Morgan fingerprint density at radius 1 is 0.933 bits per heavy atom. The van der Waals surface area contributed by atoms with E-state index in [2.05, 4.69) is 20.9 Å². The lowest BCUT2D eigenvalue weighted by molar-refractivity contribution is -0.142. The van der Waals surface area contributed by atoms with Gasteiger partial charge in [-0.25, -0.2) is 4.79 Å². The number of rotatable bonds is 13. The average Bonchev–Trinajstić information content (AvgIpc) is 2.64. The molecule has 3 amide bonds. The number of hydrogen-bond donors (Lipinski definition) is 8. The second-order valence-corrected chi connectivity index (χ2v) is 7.11. The number of nitrogens with one attached hydrogen (secondary N) is 3. The monoisotopic (exact) mass is 431 g/mol. The van der Waals surface area contributed by atoms with Crippen molar-refractivity contribution in [2.75, 3.05) is 13.2 Å². The number of carbonyl (C=O) groups excluding carboxylic acids is 3. The van der Waals surface area contributed by atoms with Crippen LogP contribution < -0.4 is 33.2 Å². The van der Waals surface area contributed by atoms with Crippen LogP contribution in [0.2, 0.25) is 0 Å². The zero-order chi connectivity index (χ0) is 23.4. The standard InChI is InChI=1S/C17H33N7O6/c1-8(2)12(24-13(26)9(3)18)15(28)23-11(7-25)14(27)22-10(16(29)30)5-4-6-21-17(19)20/h8-12,25H,4-7,18H2,1-3H3,(H,22,27)(H,23,28)(H,24,26)(H,29,30)(H4,19,20,21). The molecular formula is C17H33N7O6. The summed E-state index contributed by atoms with van der Waals surface area (Å²) in [5.74, 6) is -3.92. The predicted octanol–water partition coefficient (Wildman–Crippen LogP) is -3.43. The molecule has 0 bridgehead atoms. The van der Waals surface area contributed by atoms with Gasteiger partial charge in [0.2, 0.25) is 17.7 Å². The topological polar surface area (TPSA) is 235 Å². The summed E-state index contributed by atoms with van der Waals surface area (Å²) in [6, 6.07) is -4.52. The molecule has 0 aliphatic heterocycles. The Labute approximate surface area is 174 Å². The van der Waals surface area contributed by atoms with Gasteiger partial charge < -0.3 is 43.4 Å². The smallest absolute Gasteiger partial charge is 0.326 e. The number of carboxylic acid groups (broad SMARTS) is 1. The van der Waals surface area contributed by atoms with E-state index in [9.17, 15) is 29.4 Å². The van der Waals surface area contributed by atoms with Crippen LogP contribution in [0.25, 0.3) is 0 Å². The maximum Gasteiger partial charge on any atom is 0.326 e. The molecule has 13 heteroatoms. The summed E-state index contributed by atoms with van der Waals surface area (Å²) in [4.78, 5) is 51.8. The first kappa shape index (κ1) is 27.1. The van der Waals surface area contributed by atoms with Gasteiger partial charge in [0.25, 0.3) is 0 Å². The minimum atomic E-state index is -1.41. The number of aliphatic hydroxyl groups excluding tert-OH is 1. The molecule has 0 saturated carbocycles. The van der Waals surface area contributed by atoms with Crippen LogP contribution in [0.1, 0.15) is 33.6 Å². The van der Waals surface area contributed by atoms with Crippen LogP contribution in [-0.4, -0.2) is 77.2 Å². The highest BCUT2D eigenvalue weighted by Gasteiger charge is 2.30. The van der Waals surface area contributed by atoms with E-state index in [1.807, 2.05) is 0 Å². The Kier molecular flexibility index (Phi) is 12.0. The number of guanidine groups is 1. The second kappa shape index (κ2) is 13.3. The van der Waals surface area contributed by atoms with E-state index in [1.54, 1.807) is 13.8 Å². The summed E-state index contributed by atoms with van der Waals surface area (Å²) in [7, 11) is 0. The third-order valence-electron chi connectivity index (χ3n) is 4.04. The molecule has 11 N–H and O–H groups in total. The number of carboxylic acids is 1. The van der Waals surface area contributed by atoms with Crippen LogP contribution in [0.15, 0.2) is 4.99 Å². The predicted molar refractivity (Wildman–Crippen MR) is 109 cm³/mol. The van der Waals surface area contributed by atoms with E-state index in [-0.39, 0.29) is 31.3 Å². The molecule has 0 fully saturated rings. The quantitative estimate of drug-likeness (QED) is 0.0821. The van der Waals surface area contributed by atoms with Crippen molar-refractivity contribution in [2.24, 2.45) is 28.1 Å². The first-order valence-corrected chi connectivity index (χ1v) is 9.46. The molecule has 0 rings (SSSR count). The fraction of sp³-hybridized carbons (Fsp3) is 0.706. The number of hydrogen-bond acceptors (Lipinski definition) is 7. The normalized spacial score (nSPS) is 14.7. The first-order valence-electron chi connectivity index (χ1n) is 9.46. The molecular weight excluding hydrogens is 398 g/mol. The van der Waals surface area contributed by atoms with Crippen molar-refractivity contribution in [3.05, 3.63) is 0 Å². The van der Waals surface area contributed by atoms with E-state index in [4.69, 9.17) is 17.2 Å². The minimum Gasteiger partial charge on any atom is -0.480 e. The average molecular weight is 431 g/mol. The molecule has 0 saturated heterocycles. The van der Waals surface area contributed by atoms with E-state index >= 15 is 0 Å². The molecule has 0 spiro atoms. The van der Waals surface area contributed by atoms with Crippen molar-refractivity contribution < 1.29 is 29.4 Å². The molecule has 0 aromatic heterocycles. The van der Waals surface area contributed by atoms with Crippen LogP contribution in [0, 0.1) is 5.92 Å². The maximum atomic E-state index is 12.5. The van der Waals surface area contributed by atoms with Gasteiger partial charge in [-0.05, 0) is 25.7 Å². The van der Waals surface area contributed by atoms with Crippen LogP contribution in [0.3, 0.4) is 0 Å². The Bertz CT molecular complexity index is 634. The number of carbonyl (C=O) groups is 4. The highest BCUT2D eigenvalue weighted by atomic mass is 16.4. The summed E-state index contributed by atoms with van der Waals surface area (Å²) in [6.45, 7) is 4.21. The molecule has 13 nitrogen and oxygen atoms in total. The van der Waals surface area contributed by atoms with E-state index in [1.165, 1.54) is 6.92 Å². The molecule has 4 atom stereocenters. The molecule has 0 aromatic rings. The first-order chi connectivity index (χ1) is 13.9. The van der Waals surface area contributed by atoms with Gasteiger partial charge >= 0.3 is 5.97 Å². The van der Waals surface area contributed by atoms with E-state index in [0.29, 0.717) is 0 Å². The molecule has 0 aromatic carbocycles. The molecule has 0 heterocycles. The van der Waals surface area contributed by atoms with Crippen molar-refractivity contribution in [2.45, 2.75) is 57.8 Å². The Hall–Kier alpha value is -2.93. The summed E-state index contributed by atoms with van der Waals surface area (Å²) in [5.41, 5.74) is 15.9. The van der Waals surface area contributed by atoms with Gasteiger partial charge in [0, 0.05) is 6.54 Å². The van der Waals surface area contributed by atoms with Crippen molar-refractivity contribution in [1.82, 2.24) is 16.0 Å². The minimum absolute atomic E-state index is 0.0308. The van der Waals surface area contributed by atoms with Crippen molar-refractivity contribution in [3.8, 4) is 0 Å². The molecule has 0 aliphatic rings. The third kappa shape index (κ3) is 10.0. The molecule has 30 heavy (non-hydrogen) atoms. The second-order valence-electron chi connectivity index (χ2n) is 7.11. The highest BCUT2D eigenvalue weighted by molar-refractivity contribution is 5.94. The van der Waals surface area contributed by atoms with Gasteiger partial charge in [-0.1, -0.05) is 13.8 Å². The fourth-order valence-corrected chi connectivity index (χ4v) is 2.31. The SMILES string of the molecule is CC(N)C(=O)NC(C(=O)NC(CO)C(=O)NC(CCCN=C(N)N)C(=O)O)C(C)C. The number of aliphatic carboxylic acids is 1. The largest absolute Gasteiger partial charge is 0.480 e. The van der Waals surface area contributed by atoms with Gasteiger partial charge in [-0.15, -0.1) is 0 Å². The molecule has 0 radical (unpaired) electrons. The van der Waals surface area contributed by atoms with Gasteiger partial charge in [0.05, 0.1) is 12.6 Å². The lowest BCUT2D eigenvalue weighted by Gasteiger charge is -2.25. The van der Waals surface area contributed by atoms with E-state index in [0.717, 1.165) is 0 Å². The van der Waals surface area contributed by atoms with Gasteiger partial charge in [-0.3, -0.25) is 19.4 Å². The van der Waals surface area contributed by atoms with Gasteiger partial charge in [0.15, 0.2) is 5.96 Å². The summed E-state index contributed by atoms with van der Waals surface area (Å²) >= 11 is 0. The number of nitrogens with zero attached hydrogens (tertiary/aromatic N) is 1. The van der Waals surface area contributed by atoms with Crippen LogP contribution >= 0.6 is 0 Å². The summed E-state index contributed by atoms with van der Waals surface area (Å²) in [6.07, 6.45) is 0.313. The van der Waals surface area contributed by atoms with Crippen LogP contribution in [-0.2, 0) is 19.2 Å². The summed E-state index contributed by atoms with van der Waals surface area (Å²) < 4.78 is 0. The molecule has 0 aliphatic carbocycles. The lowest BCUT2D eigenvalue weighted by atomic mass is 10.0. The summed E-state index contributed by atoms with van der Waals surface area (Å²) in [5, 5.41) is 25.8.